The maximum Gasteiger partial charge on any atom is 0.111 e. The van der Waals surface area contributed by atoms with Crippen LogP contribution < -0.4 is 5.32 Å². The van der Waals surface area contributed by atoms with Gasteiger partial charge in [-0.2, -0.15) is 0 Å². The molecule has 1 aromatic heterocycles. The second kappa shape index (κ2) is 4.66. The van der Waals surface area contributed by atoms with E-state index in [0.717, 1.165) is 24.3 Å². The van der Waals surface area contributed by atoms with E-state index in [2.05, 4.69) is 54.0 Å². The number of rotatable bonds is 4. The molecule has 2 aromatic rings. The van der Waals surface area contributed by atoms with Gasteiger partial charge in [0.2, 0.25) is 0 Å². The largest absolute Gasteiger partial charge is 0.331 e. The highest BCUT2D eigenvalue weighted by Gasteiger charge is 2.09. The molecule has 86 valence electrons. The summed E-state index contributed by atoms with van der Waals surface area (Å²) < 4.78 is 2.18. The Morgan fingerprint density at radius 1 is 1.38 bits per heavy atom. The van der Waals surface area contributed by atoms with Crippen molar-refractivity contribution in [1.29, 1.82) is 0 Å². The van der Waals surface area contributed by atoms with Gasteiger partial charge in [-0.15, -0.1) is 0 Å². The minimum atomic E-state index is 0.473. The highest BCUT2D eigenvalue weighted by Crippen LogP contribution is 2.15. The molecule has 0 fully saturated rings. The number of imidazole rings is 1. The van der Waals surface area contributed by atoms with Gasteiger partial charge in [0.25, 0.3) is 0 Å². The summed E-state index contributed by atoms with van der Waals surface area (Å²) >= 11 is 0. The fourth-order valence-electron chi connectivity index (χ4n) is 2.07. The first-order valence-electron chi connectivity index (χ1n) is 5.86. The van der Waals surface area contributed by atoms with Crippen LogP contribution in [0.25, 0.3) is 11.0 Å². The monoisotopic (exact) mass is 217 g/mol. The highest BCUT2D eigenvalue weighted by atomic mass is 15.1. The fourth-order valence-corrected chi connectivity index (χ4v) is 2.07. The Hall–Kier alpha value is -1.35. The van der Waals surface area contributed by atoms with Crippen LogP contribution in [0.1, 0.15) is 19.7 Å². The van der Waals surface area contributed by atoms with Crippen molar-refractivity contribution in [2.45, 2.75) is 26.3 Å². The second-order valence-corrected chi connectivity index (χ2v) is 4.24. The van der Waals surface area contributed by atoms with Gasteiger partial charge in [-0.1, -0.05) is 19.1 Å². The maximum atomic E-state index is 4.66. The molecule has 3 heteroatoms. The predicted octanol–water partition coefficient (Wildman–Crippen LogP) is 2.11. The van der Waals surface area contributed by atoms with Crippen molar-refractivity contribution in [2.75, 3.05) is 6.54 Å². The van der Waals surface area contributed by atoms with E-state index in [-0.39, 0.29) is 0 Å². The standard InChI is InChI=1S/C13H19N3/c1-4-14-10(2)9-13-15-11-7-5-6-8-12(11)16(13)3/h5-8,10,14H,4,9H2,1-3H3. The first-order chi connectivity index (χ1) is 7.72. The Labute approximate surface area is 96.5 Å². The van der Waals surface area contributed by atoms with Gasteiger partial charge in [-0.05, 0) is 25.6 Å². The second-order valence-electron chi connectivity index (χ2n) is 4.24. The molecular formula is C13H19N3. The summed E-state index contributed by atoms with van der Waals surface area (Å²) in [6, 6.07) is 8.75. The molecule has 16 heavy (non-hydrogen) atoms. The minimum absolute atomic E-state index is 0.473. The van der Waals surface area contributed by atoms with Crippen molar-refractivity contribution >= 4 is 11.0 Å². The molecule has 2 rings (SSSR count). The van der Waals surface area contributed by atoms with Gasteiger partial charge in [-0.25, -0.2) is 4.98 Å². The molecule has 0 saturated heterocycles. The molecule has 1 heterocycles. The molecule has 0 bridgehead atoms. The zero-order valence-electron chi connectivity index (χ0n) is 10.2. The van der Waals surface area contributed by atoms with Crippen LogP contribution >= 0.6 is 0 Å². The molecule has 0 aliphatic carbocycles. The average Bonchev–Trinajstić information content (AvgIpc) is 2.57. The van der Waals surface area contributed by atoms with E-state index in [4.69, 9.17) is 0 Å². The number of aromatic nitrogens is 2. The van der Waals surface area contributed by atoms with Crippen molar-refractivity contribution in [3.8, 4) is 0 Å². The van der Waals surface area contributed by atoms with E-state index in [1.165, 1.54) is 5.52 Å². The number of hydrogen-bond donors (Lipinski definition) is 1. The van der Waals surface area contributed by atoms with Crippen molar-refractivity contribution < 1.29 is 0 Å². The number of nitrogens with one attached hydrogen (secondary N) is 1. The fraction of sp³-hybridized carbons (Fsp3) is 0.462. The lowest BCUT2D eigenvalue weighted by Crippen LogP contribution is -2.28. The van der Waals surface area contributed by atoms with E-state index in [0.29, 0.717) is 6.04 Å². The molecule has 0 aliphatic rings. The summed E-state index contributed by atoms with van der Waals surface area (Å²) in [4.78, 5) is 4.66. The smallest absolute Gasteiger partial charge is 0.111 e. The average molecular weight is 217 g/mol. The van der Waals surface area contributed by atoms with Crippen LogP contribution in [0.2, 0.25) is 0 Å². The maximum absolute atomic E-state index is 4.66. The van der Waals surface area contributed by atoms with Crippen molar-refractivity contribution in [1.82, 2.24) is 14.9 Å². The van der Waals surface area contributed by atoms with Crippen LogP contribution in [-0.4, -0.2) is 22.1 Å². The molecule has 1 N–H and O–H groups in total. The van der Waals surface area contributed by atoms with Gasteiger partial charge in [0.1, 0.15) is 5.82 Å². The van der Waals surface area contributed by atoms with Gasteiger partial charge in [0.15, 0.2) is 0 Å². The van der Waals surface area contributed by atoms with Crippen LogP contribution in [-0.2, 0) is 13.5 Å². The van der Waals surface area contributed by atoms with Crippen LogP contribution in [0.4, 0.5) is 0 Å². The van der Waals surface area contributed by atoms with E-state index in [9.17, 15) is 0 Å². The van der Waals surface area contributed by atoms with E-state index >= 15 is 0 Å². The Bertz CT molecular complexity index is 473. The lowest BCUT2D eigenvalue weighted by atomic mass is 10.2. The van der Waals surface area contributed by atoms with Crippen LogP contribution in [0.3, 0.4) is 0 Å². The zero-order chi connectivity index (χ0) is 11.5. The van der Waals surface area contributed by atoms with Gasteiger partial charge in [-0.3, -0.25) is 0 Å². The van der Waals surface area contributed by atoms with E-state index < -0.39 is 0 Å². The summed E-state index contributed by atoms with van der Waals surface area (Å²) in [6.07, 6.45) is 0.971. The molecule has 0 amide bonds. The van der Waals surface area contributed by atoms with Gasteiger partial charge in [0, 0.05) is 19.5 Å². The number of aryl methyl sites for hydroxylation is 1. The molecular weight excluding hydrogens is 198 g/mol. The summed E-state index contributed by atoms with van der Waals surface area (Å²) in [5.74, 6) is 1.15. The number of fused-ring (bicyclic) bond motifs is 1. The summed E-state index contributed by atoms with van der Waals surface area (Å²) in [5, 5.41) is 3.41. The van der Waals surface area contributed by atoms with Crippen LogP contribution in [0, 0.1) is 0 Å². The Kier molecular flexibility index (Phi) is 3.25. The summed E-state index contributed by atoms with van der Waals surface area (Å²) in [7, 11) is 2.09. The van der Waals surface area contributed by atoms with Gasteiger partial charge in [0.05, 0.1) is 11.0 Å². The topological polar surface area (TPSA) is 29.9 Å². The molecule has 0 saturated carbocycles. The third-order valence-electron chi connectivity index (χ3n) is 2.92. The molecule has 0 spiro atoms. The number of hydrogen-bond acceptors (Lipinski definition) is 2. The van der Waals surface area contributed by atoms with Crippen molar-refractivity contribution in [3.05, 3.63) is 30.1 Å². The molecule has 1 unspecified atom stereocenters. The lowest BCUT2D eigenvalue weighted by molar-refractivity contribution is 0.545. The van der Waals surface area contributed by atoms with Crippen molar-refractivity contribution in [3.63, 3.8) is 0 Å². The molecule has 0 aliphatic heterocycles. The zero-order valence-corrected chi connectivity index (χ0v) is 10.2. The summed E-state index contributed by atoms with van der Waals surface area (Å²) in [5.41, 5.74) is 2.30. The Morgan fingerprint density at radius 2 is 2.12 bits per heavy atom. The lowest BCUT2D eigenvalue weighted by Gasteiger charge is -2.11. The van der Waals surface area contributed by atoms with Crippen molar-refractivity contribution in [2.24, 2.45) is 7.05 Å². The number of benzene rings is 1. The van der Waals surface area contributed by atoms with Crippen LogP contribution in [0.5, 0.6) is 0 Å². The summed E-state index contributed by atoms with van der Waals surface area (Å²) in [6.45, 7) is 5.33. The number of nitrogens with zero attached hydrogens (tertiary/aromatic N) is 2. The van der Waals surface area contributed by atoms with Crippen LogP contribution in [0.15, 0.2) is 24.3 Å². The molecule has 3 nitrogen and oxygen atoms in total. The first-order valence-corrected chi connectivity index (χ1v) is 5.86. The Morgan fingerprint density at radius 3 is 2.81 bits per heavy atom. The highest BCUT2D eigenvalue weighted by molar-refractivity contribution is 5.75. The van der Waals surface area contributed by atoms with Gasteiger partial charge < -0.3 is 9.88 Å². The van der Waals surface area contributed by atoms with E-state index in [1.807, 2.05) is 6.07 Å². The number of para-hydroxylation sites is 2. The SMILES string of the molecule is CCNC(C)Cc1nc2ccccc2n1C. The number of likely N-dealkylation sites (N-methyl/N-ethyl adjacent to an activating group) is 1. The first kappa shape index (κ1) is 11.1. The molecule has 0 radical (unpaired) electrons. The molecule has 1 atom stereocenters. The van der Waals surface area contributed by atoms with E-state index in [1.54, 1.807) is 0 Å². The van der Waals surface area contributed by atoms with Gasteiger partial charge >= 0.3 is 0 Å². The minimum Gasteiger partial charge on any atom is -0.331 e. The predicted molar refractivity (Wildman–Crippen MR) is 67.6 cm³/mol. The quantitative estimate of drug-likeness (QED) is 0.850. The third kappa shape index (κ3) is 2.09. The Balaban J connectivity index is 2.27. The molecule has 1 aromatic carbocycles. The third-order valence-corrected chi connectivity index (χ3v) is 2.92. The normalized spacial score (nSPS) is 13.2.